The van der Waals surface area contributed by atoms with Crippen LogP contribution in [0.2, 0.25) is 0 Å². The Morgan fingerprint density at radius 1 is 1.03 bits per heavy atom. The first-order chi connectivity index (χ1) is 15.9. The summed E-state index contributed by atoms with van der Waals surface area (Å²) in [4.78, 5) is 12.9. The molecule has 1 aliphatic rings. The lowest BCUT2D eigenvalue weighted by atomic mass is 10.1. The van der Waals surface area contributed by atoms with Gasteiger partial charge in [0.2, 0.25) is 15.0 Å². The number of aryl methyl sites for hydroxylation is 1. The van der Waals surface area contributed by atoms with Gasteiger partial charge in [0.15, 0.2) is 0 Å². The highest BCUT2D eigenvalue weighted by molar-refractivity contribution is 7.89. The number of rotatable bonds is 5. The maximum absolute atomic E-state index is 13.5. The van der Waals surface area contributed by atoms with Crippen molar-refractivity contribution in [3.8, 4) is 0 Å². The van der Waals surface area contributed by atoms with E-state index >= 15 is 0 Å². The summed E-state index contributed by atoms with van der Waals surface area (Å²) in [5.41, 5.74) is 1.77. The molecule has 1 atom stereocenters. The summed E-state index contributed by atoms with van der Waals surface area (Å²) in [5.74, 6) is -0.357. The van der Waals surface area contributed by atoms with Crippen molar-refractivity contribution in [3.63, 3.8) is 0 Å². The number of hydrogen-bond donors (Lipinski definition) is 1. The lowest BCUT2D eigenvalue weighted by molar-refractivity contribution is 0.102. The van der Waals surface area contributed by atoms with Gasteiger partial charge in [-0.3, -0.25) is 4.79 Å². The van der Waals surface area contributed by atoms with Crippen LogP contribution in [0.3, 0.4) is 0 Å². The van der Waals surface area contributed by atoms with E-state index in [9.17, 15) is 13.2 Å². The maximum atomic E-state index is 13.5. The quantitative estimate of drug-likeness (QED) is 0.446. The van der Waals surface area contributed by atoms with E-state index in [1.165, 1.54) is 4.31 Å². The van der Waals surface area contributed by atoms with Crippen molar-refractivity contribution in [1.29, 1.82) is 0 Å². The second-order valence-corrected chi connectivity index (χ2v) is 10.9. The van der Waals surface area contributed by atoms with Crippen LogP contribution in [0.4, 0.5) is 5.69 Å². The van der Waals surface area contributed by atoms with E-state index in [0.29, 0.717) is 23.7 Å². The van der Waals surface area contributed by atoms with Gasteiger partial charge in [0.25, 0.3) is 5.91 Å². The molecule has 0 radical (unpaired) electrons. The molecule has 2 heterocycles. The predicted molar refractivity (Wildman–Crippen MR) is 129 cm³/mol. The van der Waals surface area contributed by atoms with Crippen LogP contribution in [0.15, 0.2) is 71.6 Å². The van der Waals surface area contributed by atoms with Crippen molar-refractivity contribution < 1.29 is 13.2 Å². The number of benzene rings is 3. The van der Waals surface area contributed by atoms with E-state index in [-0.39, 0.29) is 15.8 Å². The average Bonchev–Trinajstić information content (AvgIpc) is 3.50. The van der Waals surface area contributed by atoms with Gasteiger partial charge in [-0.2, -0.15) is 4.31 Å². The molecule has 0 spiro atoms. The van der Waals surface area contributed by atoms with E-state index in [1.54, 1.807) is 12.1 Å². The normalized spacial score (nSPS) is 16.8. The van der Waals surface area contributed by atoms with Crippen LogP contribution in [0, 0.1) is 6.92 Å². The molecule has 168 valence electrons. The smallest absolute Gasteiger partial charge is 0.286 e. The number of carbonyl (C=O) groups excluding carboxylic acids is 1. The number of aromatic nitrogens is 2. The minimum absolute atomic E-state index is 0.209. The second kappa shape index (κ2) is 8.66. The molecule has 1 amide bonds. The summed E-state index contributed by atoms with van der Waals surface area (Å²) in [6, 6.07) is 19.9. The largest absolute Gasteiger partial charge is 0.320 e. The van der Waals surface area contributed by atoms with Crippen LogP contribution in [0.5, 0.6) is 0 Å². The van der Waals surface area contributed by atoms with Crippen molar-refractivity contribution in [2.45, 2.75) is 30.7 Å². The van der Waals surface area contributed by atoms with E-state index in [1.807, 2.05) is 61.5 Å². The average molecular weight is 479 g/mol. The Kier molecular flexibility index (Phi) is 5.69. The molecule has 3 aromatic carbocycles. The standard InChI is InChI=1S/C24H22N4O3S2/c1-16-8-11-19(12-9-16)25-22(29)24-27-26-23(32-24)21-7-4-14-28(21)33(30,31)20-13-10-17-5-2-3-6-18(17)15-20/h2-3,5-6,8-13,15,21H,4,7,14H2,1H3,(H,25,29)/t21-/m0/s1. The molecular weight excluding hydrogens is 456 g/mol. The first kappa shape index (κ1) is 21.7. The summed E-state index contributed by atoms with van der Waals surface area (Å²) in [6.07, 6.45) is 1.36. The molecule has 1 aromatic heterocycles. The SMILES string of the molecule is Cc1ccc(NC(=O)c2nnc([C@@H]3CCCN3S(=O)(=O)c3ccc4ccccc4c3)s2)cc1. The van der Waals surface area contributed by atoms with Gasteiger partial charge >= 0.3 is 0 Å². The highest BCUT2D eigenvalue weighted by Gasteiger charge is 2.38. The van der Waals surface area contributed by atoms with Crippen molar-refractivity contribution in [1.82, 2.24) is 14.5 Å². The third kappa shape index (κ3) is 4.27. The first-order valence-electron chi connectivity index (χ1n) is 10.6. The second-order valence-electron chi connectivity index (χ2n) is 8.05. The molecule has 7 nitrogen and oxygen atoms in total. The van der Waals surface area contributed by atoms with Gasteiger partial charge in [0.1, 0.15) is 5.01 Å². The fraction of sp³-hybridized carbons (Fsp3) is 0.208. The third-order valence-corrected chi connectivity index (χ3v) is 8.69. The van der Waals surface area contributed by atoms with Crippen molar-refractivity contribution in [2.75, 3.05) is 11.9 Å². The van der Waals surface area contributed by atoms with Gasteiger partial charge in [-0.15, -0.1) is 10.2 Å². The van der Waals surface area contributed by atoms with Crippen LogP contribution in [-0.2, 0) is 10.0 Å². The van der Waals surface area contributed by atoms with E-state index in [4.69, 9.17) is 0 Å². The molecule has 0 bridgehead atoms. The van der Waals surface area contributed by atoms with Crippen LogP contribution < -0.4 is 5.32 Å². The molecule has 33 heavy (non-hydrogen) atoms. The van der Waals surface area contributed by atoms with Gasteiger partial charge in [0.05, 0.1) is 10.9 Å². The van der Waals surface area contributed by atoms with Crippen LogP contribution in [0.1, 0.15) is 39.3 Å². The zero-order chi connectivity index (χ0) is 23.0. The minimum atomic E-state index is -3.72. The highest BCUT2D eigenvalue weighted by Crippen LogP contribution is 2.38. The van der Waals surface area contributed by atoms with E-state index < -0.39 is 16.1 Å². The van der Waals surface area contributed by atoms with E-state index in [2.05, 4.69) is 15.5 Å². The van der Waals surface area contributed by atoms with Crippen LogP contribution in [0.25, 0.3) is 10.8 Å². The van der Waals surface area contributed by atoms with Gasteiger partial charge in [-0.05, 0) is 54.8 Å². The molecule has 1 saturated heterocycles. The van der Waals surface area contributed by atoms with Crippen molar-refractivity contribution in [2.24, 2.45) is 0 Å². The number of anilines is 1. The molecule has 1 fully saturated rings. The van der Waals surface area contributed by atoms with Gasteiger partial charge in [-0.25, -0.2) is 8.42 Å². The van der Waals surface area contributed by atoms with Gasteiger partial charge < -0.3 is 5.32 Å². The zero-order valence-electron chi connectivity index (χ0n) is 17.9. The predicted octanol–water partition coefficient (Wildman–Crippen LogP) is 4.78. The monoisotopic (exact) mass is 478 g/mol. The number of nitrogens with one attached hydrogen (secondary N) is 1. The van der Waals surface area contributed by atoms with Crippen LogP contribution >= 0.6 is 11.3 Å². The molecule has 1 N–H and O–H groups in total. The van der Waals surface area contributed by atoms with Crippen LogP contribution in [-0.4, -0.2) is 35.4 Å². The number of hydrogen-bond acceptors (Lipinski definition) is 6. The topological polar surface area (TPSA) is 92.3 Å². The minimum Gasteiger partial charge on any atom is -0.320 e. The molecule has 4 aromatic rings. The summed E-state index contributed by atoms with van der Waals surface area (Å²) >= 11 is 1.14. The summed E-state index contributed by atoms with van der Waals surface area (Å²) < 4.78 is 28.4. The molecule has 0 unspecified atom stereocenters. The highest BCUT2D eigenvalue weighted by atomic mass is 32.2. The molecule has 1 aliphatic heterocycles. The number of sulfonamides is 1. The fourth-order valence-electron chi connectivity index (χ4n) is 4.02. The number of carbonyl (C=O) groups is 1. The number of nitrogens with zero attached hydrogens (tertiary/aromatic N) is 3. The fourth-order valence-corrected chi connectivity index (χ4v) is 6.67. The Bertz CT molecular complexity index is 1430. The lowest BCUT2D eigenvalue weighted by Gasteiger charge is -2.22. The summed E-state index contributed by atoms with van der Waals surface area (Å²) in [5, 5.41) is 13.6. The first-order valence-corrected chi connectivity index (χ1v) is 12.9. The van der Waals surface area contributed by atoms with Gasteiger partial charge in [-0.1, -0.05) is 59.4 Å². The Hall–Kier alpha value is -3.14. The maximum Gasteiger partial charge on any atom is 0.286 e. The lowest BCUT2D eigenvalue weighted by Crippen LogP contribution is -2.30. The Labute approximate surface area is 196 Å². The summed E-state index contributed by atoms with van der Waals surface area (Å²) in [6.45, 7) is 2.38. The molecule has 9 heteroatoms. The molecule has 5 rings (SSSR count). The van der Waals surface area contributed by atoms with Gasteiger partial charge in [0, 0.05) is 12.2 Å². The number of amides is 1. The molecule has 0 saturated carbocycles. The van der Waals surface area contributed by atoms with E-state index in [0.717, 1.165) is 34.1 Å². The molecular formula is C24H22N4O3S2. The molecule has 0 aliphatic carbocycles. The van der Waals surface area contributed by atoms with Crippen molar-refractivity contribution >= 4 is 43.7 Å². The Balaban J connectivity index is 1.38. The van der Waals surface area contributed by atoms with Crippen molar-refractivity contribution in [3.05, 3.63) is 82.3 Å². The summed E-state index contributed by atoms with van der Waals surface area (Å²) in [7, 11) is -3.72. The Morgan fingerprint density at radius 3 is 2.58 bits per heavy atom. The number of fused-ring (bicyclic) bond motifs is 1. The third-order valence-electron chi connectivity index (χ3n) is 5.76. The Morgan fingerprint density at radius 2 is 1.79 bits per heavy atom. The zero-order valence-corrected chi connectivity index (χ0v) is 19.6.